The second-order valence-corrected chi connectivity index (χ2v) is 7.86. The fraction of sp³-hybridized carbons (Fsp3) is 0.375. The summed E-state index contributed by atoms with van der Waals surface area (Å²) in [5, 5.41) is 0. The highest BCUT2D eigenvalue weighted by Crippen LogP contribution is 2.17. The largest absolute Gasteiger partial charge is 0.330 e. The maximum atomic E-state index is 4.56. The number of benzene rings is 2. The highest BCUT2D eigenvalue weighted by atomic mass is 15.3. The van der Waals surface area contributed by atoms with Crippen molar-refractivity contribution < 1.29 is 0 Å². The summed E-state index contributed by atoms with van der Waals surface area (Å²) >= 11 is 0. The molecule has 0 unspecified atom stereocenters. The van der Waals surface area contributed by atoms with Crippen LogP contribution in [0.1, 0.15) is 16.7 Å². The van der Waals surface area contributed by atoms with Gasteiger partial charge in [0.2, 0.25) is 0 Å². The summed E-state index contributed by atoms with van der Waals surface area (Å²) in [6, 6.07) is 17.2. The Morgan fingerprint density at radius 2 is 1.61 bits per heavy atom. The number of hydrogen-bond donors (Lipinski definition) is 0. The van der Waals surface area contributed by atoms with E-state index < -0.39 is 0 Å². The molecule has 0 saturated carbocycles. The van der Waals surface area contributed by atoms with E-state index in [4.69, 9.17) is 0 Å². The summed E-state index contributed by atoms with van der Waals surface area (Å²) in [6.07, 6.45) is 4.00. The molecule has 0 spiro atoms. The fourth-order valence-electron chi connectivity index (χ4n) is 3.97. The third-order valence-electron chi connectivity index (χ3n) is 5.77. The molecule has 4 rings (SSSR count). The minimum absolute atomic E-state index is 0.987. The van der Waals surface area contributed by atoms with E-state index >= 15 is 0 Å². The van der Waals surface area contributed by atoms with Crippen LogP contribution in [0.2, 0.25) is 0 Å². The van der Waals surface area contributed by atoms with Gasteiger partial charge in [-0.2, -0.15) is 0 Å². The van der Waals surface area contributed by atoms with Gasteiger partial charge in [-0.25, -0.2) is 4.98 Å². The minimum Gasteiger partial charge on any atom is -0.330 e. The Hall–Kier alpha value is -2.43. The van der Waals surface area contributed by atoms with Crippen LogP contribution in [0.3, 0.4) is 0 Å². The van der Waals surface area contributed by atoms with Crippen molar-refractivity contribution in [2.45, 2.75) is 26.9 Å². The van der Waals surface area contributed by atoms with Crippen molar-refractivity contribution in [3.8, 4) is 11.4 Å². The molecule has 0 N–H and O–H groups in total. The quantitative estimate of drug-likeness (QED) is 0.652. The first-order valence-corrected chi connectivity index (χ1v) is 10.3. The van der Waals surface area contributed by atoms with Crippen LogP contribution in [-0.4, -0.2) is 52.1 Å². The van der Waals surface area contributed by atoms with Crippen LogP contribution < -0.4 is 0 Å². The summed E-state index contributed by atoms with van der Waals surface area (Å²) < 4.78 is 2.28. The average molecular weight is 375 g/mol. The number of aryl methyl sites for hydroxylation is 2. The lowest BCUT2D eigenvalue weighted by molar-refractivity contribution is 0.124. The van der Waals surface area contributed by atoms with Crippen LogP contribution in [0, 0.1) is 13.8 Å². The predicted molar refractivity (Wildman–Crippen MR) is 115 cm³/mol. The summed E-state index contributed by atoms with van der Waals surface area (Å²) in [5.74, 6) is 1.06. The predicted octanol–water partition coefficient (Wildman–Crippen LogP) is 3.98. The smallest absolute Gasteiger partial charge is 0.139 e. The van der Waals surface area contributed by atoms with Crippen molar-refractivity contribution in [1.29, 1.82) is 0 Å². The van der Waals surface area contributed by atoms with E-state index in [0.717, 1.165) is 51.6 Å². The van der Waals surface area contributed by atoms with Gasteiger partial charge < -0.3 is 4.57 Å². The zero-order valence-corrected chi connectivity index (χ0v) is 17.0. The zero-order valence-electron chi connectivity index (χ0n) is 17.0. The monoisotopic (exact) mass is 374 g/mol. The first-order chi connectivity index (χ1) is 13.7. The number of imidazole rings is 1. The van der Waals surface area contributed by atoms with Crippen LogP contribution in [0.4, 0.5) is 0 Å². The van der Waals surface area contributed by atoms with Gasteiger partial charge in [-0.05, 0) is 25.0 Å². The van der Waals surface area contributed by atoms with Crippen molar-refractivity contribution in [1.82, 2.24) is 19.4 Å². The zero-order chi connectivity index (χ0) is 19.3. The van der Waals surface area contributed by atoms with Gasteiger partial charge >= 0.3 is 0 Å². The lowest BCUT2D eigenvalue weighted by Crippen LogP contribution is -2.46. The molecule has 1 fully saturated rings. The maximum Gasteiger partial charge on any atom is 0.139 e. The third kappa shape index (κ3) is 4.51. The van der Waals surface area contributed by atoms with Crippen LogP contribution in [0.5, 0.6) is 0 Å². The van der Waals surface area contributed by atoms with E-state index in [2.05, 4.69) is 87.9 Å². The molecule has 146 valence electrons. The van der Waals surface area contributed by atoms with Crippen LogP contribution in [0.15, 0.2) is 60.9 Å². The van der Waals surface area contributed by atoms with Crippen LogP contribution in [0.25, 0.3) is 11.4 Å². The lowest BCUT2D eigenvalue weighted by atomic mass is 10.0. The van der Waals surface area contributed by atoms with Gasteiger partial charge in [-0.1, -0.05) is 54.1 Å². The highest BCUT2D eigenvalue weighted by molar-refractivity contribution is 5.55. The van der Waals surface area contributed by atoms with Gasteiger partial charge in [0.25, 0.3) is 0 Å². The molecule has 0 atom stereocenters. The molecule has 1 aromatic heterocycles. The van der Waals surface area contributed by atoms with E-state index in [9.17, 15) is 0 Å². The van der Waals surface area contributed by atoms with E-state index in [1.54, 1.807) is 0 Å². The van der Waals surface area contributed by atoms with Gasteiger partial charge in [0.05, 0.1) is 0 Å². The first-order valence-electron chi connectivity index (χ1n) is 10.3. The molecule has 0 aliphatic carbocycles. The number of nitrogens with zero attached hydrogens (tertiary/aromatic N) is 4. The summed E-state index contributed by atoms with van der Waals surface area (Å²) in [4.78, 5) is 9.73. The number of piperazine rings is 1. The summed E-state index contributed by atoms with van der Waals surface area (Å²) in [5.41, 5.74) is 5.42. The molecule has 1 aliphatic heterocycles. The summed E-state index contributed by atoms with van der Waals surface area (Å²) in [6.45, 7) is 12.1. The molecule has 2 aromatic carbocycles. The minimum atomic E-state index is 0.987. The Kier molecular flexibility index (Phi) is 5.89. The van der Waals surface area contributed by atoms with Crippen LogP contribution in [-0.2, 0) is 13.1 Å². The normalized spacial score (nSPS) is 15.8. The molecule has 4 heteroatoms. The SMILES string of the molecule is Cc1ccc(C)c(CN2CCN(CCn3ccnc3-c3ccccc3)CC2)c1. The molecular formula is C24H30N4. The van der Waals surface area contributed by atoms with Crippen molar-refractivity contribution >= 4 is 0 Å². The molecule has 0 bridgehead atoms. The molecule has 0 radical (unpaired) electrons. The average Bonchev–Trinajstić information content (AvgIpc) is 3.19. The van der Waals surface area contributed by atoms with E-state index in [1.165, 1.54) is 22.3 Å². The molecule has 1 aliphatic rings. The Balaban J connectivity index is 1.29. The van der Waals surface area contributed by atoms with E-state index in [-0.39, 0.29) is 0 Å². The van der Waals surface area contributed by atoms with Gasteiger partial charge in [0.1, 0.15) is 5.82 Å². The molecule has 2 heterocycles. The molecule has 1 saturated heterocycles. The lowest BCUT2D eigenvalue weighted by Gasteiger charge is -2.35. The standard InChI is InChI=1S/C24H30N4/c1-20-8-9-21(2)23(18-20)19-27-14-12-26(13-15-27)16-17-28-11-10-25-24(28)22-6-4-3-5-7-22/h3-11,18H,12-17,19H2,1-2H3. The van der Waals surface area contributed by atoms with Crippen molar-refractivity contribution in [2.24, 2.45) is 0 Å². The second-order valence-electron chi connectivity index (χ2n) is 7.86. The molecular weight excluding hydrogens is 344 g/mol. The molecule has 28 heavy (non-hydrogen) atoms. The van der Waals surface area contributed by atoms with Crippen molar-refractivity contribution in [3.63, 3.8) is 0 Å². The number of rotatable bonds is 6. The number of aromatic nitrogens is 2. The van der Waals surface area contributed by atoms with Crippen molar-refractivity contribution in [2.75, 3.05) is 32.7 Å². The van der Waals surface area contributed by atoms with E-state index in [1.807, 2.05) is 6.20 Å². The Morgan fingerprint density at radius 3 is 2.39 bits per heavy atom. The highest BCUT2D eigenvalue weighted by Gasteiger charge is 2.18. The fourth-order valence-corrected chi connectivity index (χ4v) is 3.97. The Morgan fingerprint density at radius 1 is 0.857 bits per heavy atom. The Bertz CT molecular complexity index is 892. The Labute approximate surface area is 168 Å². The van der Waals surface area contributed by atoms with Gasteiger partial charge in [0, 0.05) is 63.8 Å². The molecule has 4 nitrogen and oxygen atoms in total. The maximum absolute atomic E-state index is 4.56. The number of hydrogen-bond acceptors (Lipinski definition) is 3. The third-order valence-corrected chi connectivity index (χ3v) is 5.77. The van der Waals surface area contributed by atoms with Gasteiger partial charge in [0.15, 0.2) is 0 Å². The molecule has 3 aromatic rings. The topological polar surface area (TPSA) is 24.3 Å². The molecule has 0 amide bonds. The van der Waals surface area contributed by atoms with E-state index in [0.29, 0.717) is 0 Å². The van der Waals surface area contributed by atoms with Crippen molar-refractivity contribution in [3.05, 3.63) is 77.6 Å². The first kappa shape index (κ1) is 18.9. The van der Waals surface area contributed by atoms with Gasteiger partial charge in [-0.3, -0.25) is 9.80 Å². The van der Waals surface area contributed by atoms with Gasteiger partial charge in [-0.15, -0.1) is 0 Å². The second kappa shape index (κ2) is 8.72. The van der Waals surface area contributed by atoms with Crippen LogP contribution >= 0.6 is 0 Å². The summed E-state index contributed by atoms with van der Waals surface area (Å²) in [7, 11) is 0.